The maximum atomic E-state index is 12.6. The highest BCUT2D eigenvalue weighted by Crippen LogP contribution is 2.26. The minimum absolute atomic E-state index is 0.0415. The van der Waals surface area contributed by atoms with Crippen LogP contribution in [-0.2, 0) is 10.0 Å². The Kier molecular flexibility index (Phi) is 4.14. The van der Waals surface area contributed by atoms with Gasteiger partial charge in [0.2, 0.25) is 0 Å². The molecule has 4 aromatic rings. The van der Waals surface area contributed by atoms with Crippen LogP contribution in [0.1, 0.15) is 0 Å². The summed E-state index contributed by atoms with van der Waals surface area (Å²) in [6.45, 7) is 0. The number of sulfonamides is 1. The number of hydrogen-bond donors (Lipinski definition) is 1. The van der Waals surface area contributed by atoms with Gasteiger partial charge in [-0.3, -0.25) is 4.72 Å². The summed E-state index contributed by atoms with van der Waals surface area (Å²) in [6.07, 6.45) is 3.81. The molecule has 7 heteroatoms. The van der Waals surface area contributed by atoms with Gasteiger partial charge in [0.15, 0.2) is 0 Å². The standard InChI is InChI=1S/C19H14ClN3O2S/c20-16-8-1-2-9-18(16)26(24,25)22-15-7-5-6-14(12-15)17-13-23-11-4-3-10-19(23)21-17/h1-13,22H. The molecule has 0 saturated heterocycles. The van der Waals surface area contributed by atoms with Gasteiger partial charge < -0.3 is 4.40 Å². The van der Waals surface area contributed by atoms with Crippen LogP contribution in [0.2, 0.25) is 5.02 Å². The predicted molar refractivity (Wildman–Crippen MR) is 103 cm³/mol. The fourth-order valence-electron chi connectivity index (χ4n) is 2.69. The van der Waals surface area contributed by atoms with Gasteiger partial charge in [0.1, 0.15) is 10.5 Å². The molecule has 0 saturated carbocycles. The molecule has 4 rings (SSSR count). The molecular weight excluding hydrogens is 370 g/mol. The summed E-state index contributed by atoms with van der Waals surface area (Å²) >= 11 is 6.02. The molecular formula is C19H14ClN3O2S. The summed E-state index contributed by atoms with van der Waals surface area (Å²) in [5, 5.41) is 0.177. The van der Waals surface area contributed by atoms with Crippen molar-refractivity contribution in [2.75, 3.05) is 4.72 Å². The SMILES string of the molecule is O=S(=O)(Nc1cccc(-c2cn3ccccc3n2)c1)c1ccccc1Cl. The number of nitrogens with one attached hydrogen (secondary N) is 1. The lowest BCUT2D eigenvalue weighted by Crippen LogP contribution is -2.13. The van der Waals surface area contributed by atoms with Crippen molar-refractivity contribution in [2.24, 2.45) is 0 Å². The van der Waals surface area contributed by atoms with Gasteiger partial charge in [-0.15, -0.1) is 0 Å². The van der Waals surface area contributed by atoms with Crippen molar-refractivity contribution in [3.8, 4) is 11.3 Å². The Hall–Kier alpha value is -2.83. The van der Waals surface area contributed by atoms with Crippen molar-refractivity contribution in [3.05, 3.63) is 84.1 Å². The second-order valence-electron chi connectivity index (χ2n) is 5.71. The summed E-state index contributed by atoms with van der Waals surface area (Å²) in [6, 6.07) is 19.2. The quantitative estimate of drug-likeness (QED) is 0.566. The second kappa shape index (κ2) is 6.48. The molecule has 0 aliphatic heterocycles. The third-order valence-corrected chi connectivity index (χ3v) is 5.78. The highest BCUT2D eigenvalue weighted by atomic mass is 35.5. The first-order valence-electron chi connectivity index (χ1n) is 7.84. The summed E-state index contributed by atoms with van der Waals surface area (Å²) < 4.78 is 29.7. The molecule has 2 aromatic carbocycles. The van der Waals surface area contributed by atoms with E-state index in [0.717, 1.165) is 16.9 Å². The van der Waals surface area contributed by atoms with Gasteiger partial charge in [0, 0.05) is 23.6 Å². The first kappa shape index (κ1) is 16.6. The van der Waals surface area contributed by atoms with Crippen molar-refractivity contribution in [2.45, 2.75) is 4.90 Å². The van der Waals surface area contributed by atoms with Crippen LogP contribution in [-0.4, -0.2) is 17.8 Å². The normalized spacial score (nSPS) is 11.6. The number of imidazole rings is 1. The van der Waals surface area contributed by atoms with Crippen molar-refractivity contribution in [3.63, 3.8) is 0 Å². The van der Waals surface area contributed by atoms with Crippen LogP contribution in [0, 0.1) is 0 Å². The first-order valence-corrected chi connectivity index (χ1v) is 9.70. The highest BCUT2D eigenvalue weighted by Gasteiger charge is 2.17. The number of fused-ring (bicyclic) bond motifs is 1. The van der Waals surface area contributed by atoms with Crippen LogP contribution >= 0.6 is 11.6 Å². The van der Waals surface area contributed by atoms with Gasteiger partial charge in [-0.2, -0.15) is 0 Å². The van der Waals surface area contributed by atoms with Crippen molar-refractivity contribution < 1.29 is 8.42 Å². The Balaban J connectivity index is 1.69. The molecule has 0 atom stereocenters. The molecule has 0 amide bonds. The van der Waals surface area contributed by atoms with Crippen LogP contribution in [0.15, 0.2) is 84.0 Å². The molecule has 130 valence electrons. The number of rotatable bonds is 4. The molecule has 0 aliphatic rings. The topological polar surface area (TPSA) is 63.5 Å². The number of hydrogen-bond acceptors (Lipinski definition) is 3. The zero-order valence-corrected chi connectivity index (χ0v) is 15.1. The van der Waals surface area contributed by atoms with E-state index in [0.29, 0.717) is 5.69 Å². The molecule has 0 radical (unpaired) electrons. The van der Waals surface area contributed by atoms with E-state index in [2.05, 4.69) is 9.71 Å². The first-order chi connectivity index (χ1) is 12.5. The van der Waals surface area contributed by atoms with Gasteiger partial charge in [-0.1, -0.05) is 41.9 Å². The van der Waals surface area contributed by atoms with Gasteiger partial charge >= 0.3 is 0 Å². The smallest absolute Gasteiger partial charge is 0.263 e. The number of aromatic nitrogens is 2. The summed E-state index contributed by atoms with van der Waals surface area (Å²) in [5.74, 6) is 0. The van der Waals surface area contributed by atoms with Crippen molar-refractivity contribution >= 4 is 33.0 Å². The average Bonchev–Trinajstić information content (AvgIpc) is 3.06. The van der Waals surface area contributed by atoms with E-state index in [9.17, 15) is 8.42 Å². The lowest BCUT2D eigenvalue weighted by molar-refractivity contribution is 0.601. The molecule has 26 heavy (non-hydrogen) atoms. The third kappa shape index (κ3) is 3.16. The lowest BCUT2D eigenvalue weighted by atomic mass is 10.1. The van der Waals surface area contributed by atoms with E-state index >= 15 is 0 Å². The van der Waals surface area contributed by atoms with Gasteiger partial charge in [-0.25, -0.2) is 13.4 Å². The minimum Gasteiger partial charge on any atom is -0.306 e. The molecule has 0 fully saturated rings. The molecule has 5 nitrogen and oxygen atoms in total. The molecule has 0 aliphatic carbocycles. The van der Waals surface area contributed by atoms with Gasteiger partial charge in [0.05, 0.1) is 10.7 Å². The van der Waals surface area contributed by atoms with Crippen LogP contribution in [0.25, 0.3) is 16.9 Å². The number of benzene rings is 2. The van der Waals surface area contributed by atoms with E-state index in [1.165, 1.54) is 6.07 Å². The Morgan fingerprint density at radius 3 is 2.58 bits per heavy atom. The van der Waals surface area contributed by atoms with Crippen LogP contribution in [0.4, 0.5) is 5.69 Å². The molecule has 0 unspecified atom stereocenters. The van der Waals surface area contributed by atoms with Gasteiger partial charge in [-0.05, 0) is 36.4 Å². The largest absolute Gasteiger partial charge is 0.306 e. The molecule has 2 heterocycles. The maximum Gasteiger partial charge on any atom is 0.263 e. The number of nitrogens with zero attached hydrogens (tertiary/aromatic N) is 2. The van der Waals surface area contributed by atoms with E-state index < -0.39 is 10.0 Å². The average molecular weight is 384 g/mol. The van der Waals surface area contributed by atoms with Crippen molar-refractivity contribution in [1.82, 2.24) is 9.38 Å². The third-order valence-electron chi connectivity index (χ3n) is 3.90. The molecule has 2 aromatic heterocycles. The number of halogens is 1. The highest BCUT2D eigenvalue weighted by molar-refractivity contribution is 7.92. The Morgan fingerprint density at radius 2 is 1.77 bits per heavy atom. The van der Waals surface area contributed by atoms with E-state index in [4.69, 9.17) is 11.6 Å². The van der Waals surface area contributed by atoms with Crippen LogP contribution < -0.4 is 4.72 Å². The molecule has 0 bridgehead atoms. The number of pyridine rings is 1. The Labute approximate surface area is 155 Å². The molecule has 1 N–H and O–H groups in total. The van der Waals surface area contributed by atoms with E-state index in [1.54, 1.807) is 36.4 Å². The number of anilines is 1. The Morgan fingerprint density at radius 1 is 0.962 bits per heavy atom. The summed E-state index contributed by atoms with van der Waals surface area (Å²) in [7, 11) is -3.78. The zero-order chi connectivity index (χ0) is 18.1. The lowest BCUT2D eigenvalue weighted by Gasteiger charge is -2.10. The summed E-state index contributed by atoms with van der Waals surface area (Å²) in [5.41, 5.74) is 2.84. The van der Waals surface area contributed by atoms with Crippen molar-refractivity contribution in [1.29, 1.82) is 0 Å². The fraction of sp³-hybridized carbons (Fsp3) is 0. The van der Waals surface area contributed by atoms with Gasteiger partial charge in [0.25, 0.3) is 10.0 Å². The van der Waals surface area contributed by atoms with E-state index in [-0.39, 0.29) is 9.92 Å². The predicted octanol–water partition coefficient (Wildman–Crippen LogP) is 4.46. The Bertz CT molecular complexity index is 1170. The van der Waals surface area contributed by atoms with E-state index in [1.807, 2.05) is 41.1 Å². The maximum absolute atomic E-state index is 12.6. The monoisotopic (exact) mass is 383 g/mol. The fourth-order valence-corrected chi connectivity index (χ4v) is 4.26. The summed E-state index contributed by atoms with van der Waals surface area (Å²) in [4.78, 5) is 4.60. The van der Waals surface area contributed by atoms with Crippen LogP contribution in [0.3, 0.4) is 0 Å². The zero-order valence-electron chi connectivity index (χ0n) is 13.5. The van der Waals surface area contributed by atoms with Crippen LogP contribution in [0.5, 0.6) is 0 Å². The minimum atomic E-state index is -3.78. The molecule has 0 spiro atoms. The second-order valence-corrected chi connectivity index (χ2v) is 7.77.